The predicted molar refractivity (Wildman–Crippen MR) is 118 cm³/mol. The van der Waals surface area contributed by atoms with Crippen molar-refractivity contribution in [2.45, 2.75) is 12.4 Å². The van der Waals surface area contributed by atoms with Gasteiger partial charge in [0.2, 0.25) is 15.9 Å². The van der Waals surface area contributed by atoms with E-state index in [1.165, 1.54) is 6.08 Å². The monoisotopic (exact) mass is 422 g/mol. The van der Waals surface area contributed by atoms with Crippen LogP contribution in [-0.4, -0.2) is 14.3 Å². The van der Waals surface area contributed by atoms with Gasteiger partial charge in [-0.05, 0) is 47.0 Å². The maximum absolute atomic E-state index is 12.1. The largest absolute Gasteiger partial charge is 0.489 e. The number of carbonyl (C=O) groups excluding carboxylic acids is 1. The first-order valence-corrected chi connectivity index (χ1v) is 10.9. The van der Waals surface area contributed by atoms with Crippen molar-refractivity contribution < 1.29 is 17.9 Å². The second-order valence-electron chi connectivity index (χ2n) is 6.67. The Morgan fingerprint density at radius 3 is 2.33 bits per heavy atom. The summed E-state index contributed by atoms with van der Waals surface area (Å²) in [7, 11) is -3.63. The van der Waals surface area contributed by atoms with Gasteiger partial charge in [-0.15, -0.1) is 0 Å². The van der Waals surface area contributed by atoms with Crippen molar-refractivity contribution in [2.24, 2.45) is 5.14 Å². The molecule has 0 bridgehead atoms. The maximum atomic E-state index is 12.1. The topological polar surface area (TPSA) is 98.5 Å². The summed E-state index contributed by atoms with van der Waals surface area (Å²) in [5, 5.41) is 7.76. The number of ether oxygens (including phenoxy) is 1. The lowest BCUT2D eigenvalue weighted by Gasteiger charge is -2.06. The SMILES string of the molecule is NS(=O)(=O)Cc1cccc(NC(=O)/C=C/c2ccc(OCc3ccccc3)cc2)c1. The molecule has 3 aromatic rings. The first-order chi connectivity index (χ1) is 14.4. The molecule has 30 heavy (non-hydrogen) atoms. The summed E-state index contributed by atoms with van der Waals surface area (Å²) in [6.07, 6.45) is 3.09. The number of hydrogen-bond donors (Lipinski definition) is 2. The van der Waals surface area contributed by atoms with Gasteiger partial charge in [-0.25, -0.2) is 13.6 Å². The Hall–Kier alpha value is -3.42. The first-order valence-electron chi connectivity index (χ1n) is 9.23. The number of sulfonamides is 1. The fourth-order valence-electron chi connectivity index (χ4n) is 2.74. The third-order valence-corrected chi connectivity index (χ3v) is 4.85. The molecule has 0 radical (unpaired) electrons. The minimum atomic E-state index is -3.63. The molecule has 6 nitrogen and oxygen atoms in total. The maximum Gasteiger partial charge on any atom is 0.248 e. The molecule has 0 aliphatic carbocycles. The predicted octanol–water partition coefficient (Wildman–Crippen LogP) is 3.71. The molecule has 3 rings (SSSR count). The van der Waals surface area contributed by atoms with Crippen LogP contribution in [0.2, 0.25) is 0 Å². The quantitative estimate of drug-likeness (QED) is 0.541. The highest BCUT2D eigenvalue weighted by atomic mass is 32.2. The van der Waals surface area contributed by atoms with Crippen molar-refractivity contribution in [3.8, 4) is 5.75 Å². The van der Waals surface area contributed by atoms with E-state index < -0.39 is 10.0 Å². The molecule has 3 N–H and O–H groups in total. The van der Waals surface area contributed by atoms with Crippen molar-refractivity contribution in [3.05, 3.63) is 102 Å². The van der Waals surface area contributed by atoms with Gasteiger partial charge in [-0.2, -0.15) is 0 Å². The number of primary sulfonamides is 1. The molecule has 154 valence electrons. The molecule has 0 saturated heterocycles. The number of nitrogens with two attached hydrogens (primary N) is 1. The van der Waals surface area contributed by atoms with Gasteiger partial charge in [0.25, 0.3) is 0 Å². The molecule has 0 atom stereocenters. The lowest BCUT2D eigenvalue weighted by Crippen LogP contribution is -2.15. The van der Waals surface area contributed by atoms with Gasteiger partial charge in [0, 0.05) is 11.8 Å². The number of anilines is 1. The molecule has 0 heterocycles. The Labute approximate surface area is 176 Å². The van der Waals surface area contributed by atoms with Gasteiger partial charge in [0.05, 0.1) is 5.75 Å². The Morgan fingerprint density at radius 1 is 0.933 bits per heavy atom. The molecule has 0 saturated carbocycles. The summed E-state index contributed by atoms with van der Waals surface area (Å²) < 4.78 is 28.1. The molecule has 0 aliphatic rings. The molecule has 0 spiro atoms. The number of hydrogen-bond acceptors (Lipinski definition) is 4. The van der Waals surface area contributed by atoms with Crippen LogP contribution in [0, 0.1) is 0 Å². The minimum absolute atomic E-state index is 0.286. The Bertz CT molecular complexity index is 1130. The standard InChI is InChI=1S/C23H22N2O4S/c24-30(27,28)17-20-7-4-8-21(15-20)25-23(26)14-11-18-9-12-22(13-10-18)29-16-19-5-2-1-3-6-19/h1-15H,16-17H2,(H,25,26)(H2,24,27,28)/b14-11+. The van der Waals surface area contributed by atoms with E-state index in [0.717, 1.165) is 16.9 Å². The van der Waals surface area contributed by atoms with Crippen molar-refractivity contribution in [3.63, 3.8) is 0 Å². The van der Waals surface area contributed by atoms with Crippen LogP contribution in [0.5, 0.6) is 5.75 Å². The number of amides is 1. The van der Waals surface area contributed by atoms with Gasteiger partial charge in [-0.3, -0.25) is 4.79 Å². The molecule has 1 amide bonds. The van der Waals surface area contributed by atoms with E-state index >= 15 is 0 Å². The smallest absolute Gasteiger partial charge is 0.248 e. The molecule has 3 aromatic carbocycles. The van der Waals surface area contributed by atoms with Gasteiger partial charge < -0.3 is 10.1 Å². The van der Waals surface area contributed by atoms with E-state index in [-0.39, 0.29) is 11.7 Å². The van der Waals surface area contributed by atoms with E-state index in [1.54, 1.807) is 30.3 Å². The summed E-state index contributed by atoms with van der Waals surface area (Å²) in [6, 6.07) is 23.9. The van der Waals surface area contributed by atoms with Gasteiger partial charge in [-0.1, -0.05) is 54.6 Å². The average Bonchev–Trinajstić information content (AvgIpc) is 2.71. The van der Waals surface area contributed by atoms with Crippen LogP contribution >= 0.6 is 0 Å². The highest BCUT2D eigenvalue weighted by molar-refractivity contribution is 7.88. The number of nitrogens with one attached hydrogen (secondary N) is 1. The fourth-order valence-corrected chi connectivity index (χ4v) is 3.39. The Balaban J connectivity index is 1.54. The van der Waals surface area contributed by atoms with Gasteiger partial charge in [0.15, 0.2) is 0 Å². The Kier molecular flexibility index (Phi) is 7.00. The highest BCUT2D eigenvalue weighted by Crippen LogP contribution is 2.16. The highest BCUT2D eigenvalue weighted by Gasteiger charge is 2.06. The summed E-state index contributed by atoms with van der Waals surface area (Å²) in [5.41, 5.74) is 2.94. The summed E-state index contributed by atoms with van der Waals surface area (Å²) in [6.45, 7) is 0.489. The van der Waals surface area contributed by atoms with Crippen LogP contribution in [-0.2, 0) is 27.2 Å². The fraction of sp³-hybridized carbons (Fsp3) is 0.0870. The summed E-state index contributed by atoms with van der Waals surface area (Å²) in [4.78, 5) is 12.1. The van der Waals surface area contributed by atoms with Crippen LogP contribution in [0.4, 0.5) is 5.69 Å². The summed E-state index contributed by atoms with van der Waals surface area (Å²) >= 11 is 0. The normalized spacial score (nSPS) is 11.4. The van der Waals surface area contributed by atoms with Crippen molar-refractivity contribution in [1.29, 1.82) is 0 Å². The number of rotatable bonds is 8. The van der Waals surface area contributed by atoms with Crippen molar-refractivity contribution in [1.82, 2.24) is 0 Å². The zero-order valence-corrected chi connectivity index (χ0v) is 17.0. The van der Waals surface area contributed by atoms with Crippen molar-refractivity contribution >= 4 is 27.7 Å². The molecule has 0 aliphatic heterocycles. The third kappa shape index (κ3) is 7.20. The molecule has 7 heteroatoms. The van der Waals surface area contributed by atoms with Gasteiger partial charge in [0.1, 0.15) is 12.4 Å². The summed E-state index contributed by atoms with van der Waals surface area (Å²) in [5.74, 6) is 0.130. The van der Waals surface area contributed by atoms with Gasteiger partial charge >= 0.3 is 0 Å². The second-order valence-corrected chi connectivity index (χ2v) is 8.29. The lowest BCUT2D eigenvalue weighted by molar-refractivity contribution is -0.111. The zero-order valence-electron chi connectivity index (χ0n) is 16.2. The van der Waals surface area contributed by atoms with E-state index in [4.69, 9.17) is 9.88 Å². The zero-order chi connectivity index (χ0) is 21.4. The molecule has 0 aromatic heterocycles. The van der Waals surface area contributed by atoms with Crippen LogP contribution in [0.15, 0.2) is 84.9 Å². The number of benzene rings is 3. The van der Waals surface area contributed by atoms with Crippen LogP contribution in [0.3, 0.4) is 0 Å². The first kappa shape index (κ1) is 21.3. The van der Waals surface area contributed by atoms with E-state index in [0.29, 0.717) is 17.9 Å². The lowest BCUT2D eigenvalue weighted by atomic mass is 10.2. The van der Waals surface area contributed by atoms with E-state index in [1.807, 2.05) is 54.6 Å². The number of carbonyl (C=O) groups is 1. The average molecular weight is 423 g/mol. The second kappa shape index (κ2) is 9.87. The molecular weight excluding hydrogens is 400 g/mol. The molecular formula is C23H22N2O4S. The molecule has 0 unspecified atom stereocenters. The van der Waals surface area contributed by atoms with Crippen LogP contribution in [0.25, 0.3) is 6.08 Å². The Morgan fingerprint density at radius 2 is 1.63 bits per heavy atom. The van der Waals surface area contributed by atoms with Crippen LogP contribution in [0.1, 0.15) is 16.7 Å². The van der Waals surface area contributed by atoms with E-state index in [2.05, 4.69) is 5.32 Å². The third-order valence-electron chi connectivity index (χ3n) is 4.12. The minimum Gasteiger partial charge on any atom is -0.489 e. The molecule has 0 fully saturated rings. The van der Waals surface area contributed by atoms with Crippen molar-refractivity contribution in [2.75, 3.05) is 5.32 Å². The van der Waals surface area contributed by atoms with E-state index in [9.17, 15) is 13.2 Å². The van der Waals surface area contributed by atoms with Crippen LogP contribution < -0.4 is 15.2 Å².